The molecule has 3 nitrogen and oxygen atoms in total. The SMILES string of the molecule is CCCOCC(O)c1ccccc1OCC. The Hall–Kier alpha value is -1.06. The van der Waals surface area contributed by atoms with Crippen LogP contribution >= 0.6 is 0 Å². The minimum Gasteiger partial charge on any atom is -0.493 e. The summed E-state index contributed by atoms with van der Waals surface area (Å²) in [6.45, 7) is 5.56. The fourth-order valence-electron chi connectivity index (χ4n) is 1.47. The lowest BCUT2D eigenvalue weighted by Gasteiger charge is -2.15. The predicted molar refractivity (Wildman–Crippen MR) is 63.7 cm³/mol. The highest BCUT2D eigenvalue weighted by Crippen LogP contribution is 2.25. The number of rotatable bonds is 7. The van der Waals surface area contributed by atoms with Crippen molar-refractivity contribution in [3.05, 3.63) is 29.8 Å². The lowest BCUT2D eigenvalue weighted by molar-refractivity contribution is 0.0349. The van der Waals surface area contributed by atoms with Gasteiger partial charge in [0.25, 0.3) is 0 Å². The van der Waals surface area contributed by atoms with E-state index in [9.17, 15) is 5.11 Å². The molecule has 0 aliphatic carbocycles. The van der Waals surface area contributed by atoms with E-state index in [2.05, 4.69) is 0 Å². The summed E-state index contributed by atoms with van der Waals surface area (Å²) in [5.41, 5.74) is 0.792. The molecule has 1 rings (SSSR count). The number of ether oxygens (including phenoxy) is 2. The number of hydrogen-bond donors (Lipinski definition) is 1. The van der Waals surface area contributed by atoms with Crippen molar-refractivity contribution in [3.8, 4) is 5.75 Å². The molecular formula is C13H20O3. The van der Waals surface area contributed by atoms with Crippen molar-refractivity contribution >= 4 is 0 Å². The van der Waals surface area contributed by atoms with E-state index in [1.807, 2.05) is 38.1 Å². The van der Waals surface area contributed by atoms with E-state index < -0.39 is 6.10 Å². The van der Waals surface area contributed by atoms with Crippen LogP contribution in [0.1, 0.15) is 31.9 Å². The number of aliphatic hydroxyl groups is 1. The Morgan fingerprint density at radius 2 is 2.00 bits per heavy atom. The van der Waals surface area contributed by atoms with Gasteiger partial charge in [0.2, 0.25) is 0 Å². The Morgan fingerprint density at radius 1 is 1.25 bits per heavy atom. The van der Waals surface area contributed by atoms with Gasteiger partial charge < -0.3 is 14.6 Å². The van der Waals surface area contributed by atoms with E-state index in [4.69, 9.17) is 9.47 Å². The van der Waals surface area contributed by atoms with Gasteiger partial charge in [0.1, 0.15) is 11.9 Å². The lowest BCUT2D eigenvalue weighted by atomic mass is 10.1. The van der Waals surface area contributed by atoms with Crippen molar-refractivity contribution in [2.24, 2.45) is 0 Å². The molecule has 0 saturated carbocycles. The zero-order valence-corrected chi connectivity index (χ0v) is 9.98. The van der Waals surface area contributed by atoms with Gasteiger partial charge in [-0.25, -0.2) is 0 Å². The highest BCUT2D eigenvalue weighted by atomic mass is 16.5. The summed E-state index contributed by atoms with van der Waals surface area (Å²) in [4.78, 5) is 0. The molecule has 0 bridgehead atoms. The molecule has 0 saturated heterocycles. The van der Waals surface area contributed by atoms with Crippen molar-refractivity contribution in [1.82, 2.24) is 0 Å². The molecule has 0 radical (unpaired) electrons. The van der Waals surface area contributed by atoms with Crippen LogP contribution in [0.3, 0.4) is 0 Å². The molecular weight excluding hydrogens is 204 g/mol. The van der Waals surface area contributed by atoms with Gasteiger partial charge in [-0.3, -0.25) is 0 Å². The van der Waals surface area contributed by atoms with Crippen molar-refractivity contribution < 1.29 is 14.6 Å². The van der Waals surface area contributed by atoms with Crippen LogP contribution in [-0.4, -0.2) is 24.9 Å². The number of benzene rings is 1. The first-order chi connectivity index (χ1) is 7.79. The molecule has 16 heavy (non-hydrogen) atoms. The third kappa shape index (κ3) is 3.83. The third-order valence-electron chi connectivity index (χ3n) is 2.20. The van der Waals surface area contributed by atoms with E-state index in [1.165, 1.54) is 0 Å². The molecule has 1 aromatic carbocycles. The molecule has 1 N–H and O–H groups in total. The summed E-state index contributed by atoms with van der Waals surface area (Å²) in [6.07, 6.45) is 0.342. The normalized spacial score (nSPS) is 12.4. The Bertz CT molecular complexity index is 299. The average Bonchev–Trinajstić information content (AvgIpc) is 2.30. The minimum atomic E-state index is -0.616. The predicted octanol–water partition coefficient (Wildman–Crippen LogP) is 2.55. The average molecular weight is 224 g/mol. The van der Waals surface area contributed by atoms with Crippen molar-refractivity contribution in [1.29, 1.82) is 0 Å². The zero-order chi connectivity index (χ0) is 11.8. The van der Waals surface area contributed by atoms with Crippen LogP contribution in [-0.2, 0) is 4.74 Å². The topological polar surface area (TPSA) is 38.7 Å². The molecule has 90 valence electrons. The minimum absolute atomic E-state index is 0.317. The summed E-state index contributed by atoms with van der Waals surface area (Å²) in [7, 11) is 0. The Balaban J connectivity index is 2.62. The lowest BCUT2D eigenvalue weighted by Crippen LogP contribution is -2.09. The quantitative estimate of drug-likeness (QED) is 0.723. The summed E-state index contributed by atoms with van der Waals surface area (Å²) >= 11 is 0. The molecule has 1 aromatic rings. The summed E-state index contributed by atoms with van der Waals surface area (Å²) in [5, 5.41) is 9.95. The van der Waals surface area contributed by atoms with Gasteiger partial charge in [-0.05, 0) is 19.4 Å². The highest BCUT2D eigenvalue weighted by molar-refractivity contribution is 5.35. The van der Waals surface area contributed by atoms with Crippen LogP contribution in [0.5, 0.6) is 5.75 Å². The first kappa shape index (κ1) is 13.0. The van der Waals surface area contributed by atoms with Gasteiger partial charge in [-0.15, -0.1) is 0 Å². The van der Waals surface area contributed by atoms with Crippen molar-refractivity contribution in [2.75, 3.05) is 19.8 Å². The first-order valence-electron chi connectivity index (χ1n) is 5.77. The van der Waals surface area contributed by atoms with Crippen molar-refractivity contribution in [2.45, 2.75) is 26.4 Å². The van der Waals surface area contributed by atoms with Gasteiger partial charge in [0.05, 0.1) is 13.2 Å². The van der Waals surface area contributed by atoms with Crippen LogP contribution in [0.4, 0.5) is 0 Å². The second-order valence-electron chi connectivity index (χ2n) is 3.56. The summed E-state index contributed by atoms with van der Waals surface area (Å²) in [5.74, 6) is 0.734. The number of aliphatic hydroxyl groups excluding tert-OH is 1. The van der Waals surface area contributed by atoms with Gasteiger partial charge in [0.15, 0.2) is 0 Å². The molecule has 0 aliphatic rings. The van der Waals surface area contributed by atoms with Gasteiger partial charge in [-0.1, -0.05) is 25.1 Å². The molecule has 0 fully saturated rings. The summed E-state index contributed by atoms with van der Waals surface area (Å²) in [6, 6.07) is 7.52. The smallest absolute Gasteiger partial charge is 0.125 e. The molecule has 0 aromatic heterocycles. The van der Waals surface area contributed by atoms with Crippen molar-refractivity contribution in [3.63, 3.8) is 0 Å². The Morgan fingerprint density at radius 3 is 2.69 bits per heavy atom. The Kier molecular flexibility index (Phi) is 5.90. The third-order valence-corrected chi connectivity index (χ3v) is 2.20. The monoisotopic (exact) mass is 224 g/mol. The zero-order valence-electron chi connectivity index (χ0n) is 9.98. The van der Waals surface area contributed by atoms with Crippen LogP contribution in [0.2, 0.25) is 0 Å². The number of hydrogen-bond acceptors (Lipinski definition) is 3. The Labute approximate surface area is 97.0 Å². The molecule has 1 atom stereocenters. The molecule has 1 unspecified atom stereocenters. The standard InChI is InChI=1S/C13H20O3/c1-3-9-15-10-12(14)11-7-5-6-8-13(11)16-4-2/h5-8,12,14H,3-4,9-10H2,1-2H3. The highest BCUT2D eigenvalue weighted by Gasteiger charge is 2.12. The first-order valence-corrected chi connectivity index (χ1v) is 5.77. The summed E-state index contributed by atoms with van der Waals surface area (Å²) < 4.78 is 10.8. The van der Waals surface area contributed by atoms with E-state index in [-0.39, 0.29) is 0 Å². The molecule has 0 aliphatic heterocycles. The van der Waals surface area contributed by atoms with E-state index in [1.54, 1.807) is 0 Å². The maximum Gasteiger partial charge on any atom is 0.125 e. The van der Waals surface area contributed by atoms with Crippen LogP contribution in [0.15, 0.2) is 24.3 Å². The largest absolute Gasteiger partial charge is 0.493 e. The second kappa shape index (κ2) is 7.25. The van der Waals surface area contributed by atoms with Crippen LogP contribution in [0.25, 0.3) is 0 Å². The maximum atomic E-state index is 9.95. The van der Waals surface area contributed by atoms with Gasteiger partial charge in [-0.2, -0.15) is 0 Å². The maximum absolute atomic E-state index is 9.95. The molecule has 3 heteroatoms. The number of para-hydroxylation sites is 1. The molecule has 0 spiro atoms. The van der Waals surface area contributed by atoms with Gasteiger partial charge >= 0.3 is 0 Å². The molecule has 0 amide bonds. The fourth-order valence-corrected chi connectivity index (χ4v) is 1.47. The van der Waals surface area contributed by atoms with E-state index >= 15 is 0 Å². The van der Waals surface area contributed by atoms with E-state index in [0.29, 0.717) is 19.8 Å². The van der Waals surface area contributed by atoms with E-state index in [0.717, 1.165) is 17.7 Å². The second-order valence-corrected chi connectivity index (χ2v) is 3.56. The fraction of sp³-hybridized carbons (Fsp3) is 0.538. The molecule has 0 heterocycles. The van der Waals surface area contributed by atoms with Crippen LogP contribution in [0, 0.1) is 0 Å². The van der Waals surface area contributed by atoms with Crippen LogP contribution < -0.4 is 4.74 Å². The van der Waals surface area contributed by atoms with Gasteiger partial charge in [0, 0.05) is 12.2 Å².